The first-order valence-corrected chi connectivity index (χ1v) is 7.97. The number of anilines is 1. The molecule has 0 saturated carbocycles. The van der Waals surface area contributed by atoms with E-state index in [4.69, 9.17) is 0 Å². The molecule has 0 aliphatic heterocycles. The number of nitrogens with one attached hydrogen (secondary N) is 1. The maximum Gasteiger partial charge on any atom is 0.255 e. The van der Waals surface area contributed by atoms with Gasteiger partial charge in [0.25, 0.3) is 5.91 Å². The topological polar surface area (TPSA) is 46.2 Å². The van der Waals surface area contributed by atoms with Crippen LogP contribution in [0.25, 0.3) is 6.08 Å². The van der Waals surface area contributed by atoms with Gasteiger partial charge < -0.3 is 5.32 Å². The molecule has 1 N–H and O–H groups in total. The third-order valence-corrected chi connectivity index (χ3v) is 3.72. The fourth-order valence-corrected chi connectivity index (χ4v) is 2.40. The Morgan fingerprint density at radius 3 is 1.92 bits per heavy atom. The van der Waals surface area contributed by atoms with Gasteiger partial charge in [-0.05, 0) is 35.9 Å². The van der Waals surface area contributed by atoms with E-state index in [0.29, 0.717) is 16.8 Å². The molecule has 0 unspecified atom stereocenters. The molecule has 0 aromatic heterocycles. The Labute approximate surface area is 146 Å². The summed E-state index contributed by atoms with van der Waals surface area (Å²) in [6, 6.07) is 25.5. The van der Waals surface area contributed by atoms with Gasteiger partial charge in [0.1, 0.15) is 0 Å². The molecule has 3 nitrogen and oxygen atoms in total. The lowest BCUT2D eigenvalue weighted by atomic mass is 10.1. The van der Waals surface area contributed by atoms with Crippen molar-refractivity contribution < 1.29 is 9.59 Å². The van der Waals surface area contributed by atoms with Crippen LogP contribution >= 0.6 is 0 Å². The van der Waals surface area contributed by atoms with E-state index in [1.54, 1.807) is 30.3 Å². The van der Waals surface area contributed by atoms with Crippen LogP contribution in [-0.4, -0.2) is 11.7 Å². The smallest absolute Gasteiger partial charge is 0.255 e. The monoisotopic (exact) mass is 327 g/mol. The van der Waals surface area contributed by atoms with Gasteiger partial charge in [0.05, 0.1) is 0 Å². The summed E-state index contributed by atoms with van der Waals surface area (Å²) in [6.07, 6.45) is 3.23. The number of carbonyl (C=O) groups is 2. The summed E-state index contributed by atoms with van der Waals surface area (Å²) >= 11 is 0. The first-order valence-electron chi connectivity index (χ1n) is 7.97. The largest absolute Gasteiger partial charge is 0.321 e. The summed E-state index contributed by atoms with van der Waals surface area (Å²) in [5.74, 6) is -0.263. The highest BCUT2D eigenvalue weighted by Gasteiger charge is 2.07. The van der Waals surface area contributed by atoms with E-state index in [1.165, 1.54) is 6.08 Å². The van der Waals surface area contributed by atoms with Crippen molar-refractivity contribution in [1.29, 1.82) is 0 Å². The molecule has 0 aliphatic rings. The van der Waals surface area contributed by atoms with Gasteiger partial charge in [0.2, 0.25) is 0 Å². The lowest BCUT2D eigenvalue weighted by molar-refractivity contribution is 0.102. The van der Waals surface area contributed by atoms with E-state index in [9.17, 15) is 9.59 Å². The zero-order chi connectivity index (χ0) is 17.5. The maximum atomic E-state index is 12.3. The van der Waals surface area contributed by atoms with Crippen LogP contribution in [0.2, 0.25) is 0 Å². The molecular formula is C22H17NO2. The zero-order valence-electron chi connectivity index (χ0n) is 13.6. The van der Waals surface area contributed by atoms with Gasteiger partial charge in [-0.25, -0.2) is 0 Å². The molecule has 0 saturated heterocycles. The van der Waals surface area contributed by atoms with E-state index >= 15 is 0 Å². The van der Waals surface area contributed by atoms with Crippen molar-refractivity contribution in [2.45, 2.75) is 0 Å². The van der Waals surface area contributed by atoms with Gasteiger partial charge in [-0.15, -0.1) is 0 Å². The Morgan fingerprint density at radius 2 is 1.24 bits per heavy atom. The van der Waals surface area contributed by atoms with Gasteiger partial charge in [0, 0.05) is 16.8 Å². The molecule has 3 heteroatoms. The molecule has 0 spiro atoms. The fourth-order valence-electron chi connectivity index (χ4n) is 2.40. The molecule has 0 heterocycles. The van der Waals surface area contributed by atoms with Gasteiger partial charge >= 0.3 is 0 Å². The lowest BCUT2D eigenvalue weighted by Gasteiger charge is -2.08. The standard InChI is InChI=1S/C22H17NO2/c24-21(18-10-3-1-4-11-18)16-15-17-9-7-8-14-20(17)23-22(25)19-12-5-2-6-13-19/h1-16H,(H,23,25)/b16-15-. The zero-order valence-corrected chi connectivity index (χ0v) is 13.6. The Kier molecular flexibility index (Phi) is 5.17. The minimum Gasteiger partial charge on any atom is -0.321 e. The second-order valence-electron chi connectivity index (χ2n) is 5.47. The van der Waals surface area contributed by atoms with Gasteiger partial charge in [-0.1, -0.05) is 66.7 Å². The molecule has 0 fully saturated rings. The molecule has 1 amide bonds. The van der Waals surface area contributed by atoms with Gasteiger partial charge in [-0.2, -0.15) is 0 Å². The molecule has 3 aromatic carbocycles. The predicted octanol–water partition coefficient (Wildman–Crippen LogP) is 4.84. The van der Waals surface area contributed by atoms with Crippen molar-refractivity contribution in [3.8, 4) is 0 Å². The molecule has 0 bridgehead atoms. The summed E-state index contributed by atoms with van der Waals surface area (Å²) in [6.45, 7) is 0. The van der Waals surface area contributed by atoms with Gasteiger partial charge in [-0.3, -0.25) is 9.59 Å². The van der Waals surface area contributed by atoms with Gasteiger partial charge in [0.15, 0.2) is 5.78 Å². The van der Waals surface area contributed by atoms with E-state index in [0.717, 1.165) is 5.56 Å². The number of ketones is 1. The minimum atomic E-state index is -0.184. The number of rotatable bonds is 5. The van der Waals surface area contributed by atoms with E-state index in [2.05, 4.69) is 5.32 Å². The molecule has 0 atom stereocenters. The van der Waals surface area contributed by atoms with Crippen LogP contribution in [0.4, 0.5) is 5.69 Å². The fraction of sp³-hybridized carbons (Fsp3) is 0. The van der Waals surface area contributed by atoms with Crippen molar-refractivity contribution in [3.63, 3.8) is 0 Å². The van der Waals surface area contributed by atoms with Crippen LogP contribution in [-0.2, 0) is 0 Å². The summed E-state index contributed by atoms with van der Waals surface area (Å²) in [5.41, 5.74) is 2.65. The van der Waals surface area contributed by atoms with Crippen molar-refractivity contribution in [2.24, 2.45) is 0 Å². The predicted molar refractivity (Wildman–Crippen MR) is 101 cm³/mol. The number of benzene rings is 3. The van der Waals surface area contributed by atoms with Crippen molar-refractivity contribution in [1.82, 2.24) is 0 Å². The number of carbonyl (C=O) groups excluding carboxylic acids is 2. The van der Waals surface area contributed by atoms with Crippen LogP contribution in [0.1, 0.15) is 26.3 Å². The highest BCUT2D eigenvalue weighted by Crippen LogP contribution is 2.18. The van der Waals surface area contributed by atoms with Crippen LogP contribution in [0, 0.1) is 0 Å². The summed E-state index contributed by atoms with van der Waals surface area (Å²) in [5, 5.41) is 2.89. The highest BCUT2D eigenvalue weighted by molar-refractivity contribution is 6.08. The molecule has 3 aromatic rings. The minimum absolute atomic E-state index is 0.0789. The first-order chi connectivity index (χ1) is 12.2. The first kappa shape index (κ1) is 16.4. The number of allylic oxidation sites excluding steroid dienone is 1. The number of amides is 1. The number of para-hydroxylation sites is 1. The number of hydrogen-bond acceptors (Lipinski definition) is 2. The average molecular weight is 327 g/mol. The highest BCUT2D eigenvalue weighted by atomic mass is 16.1. The van der Waals surface area contributed by atoms with Crippen LogP contribution < -0.4 is 5.32 Å². The average Bonchev–Trinajstić information content (AvgIpc) is 2.68. The third-order valence-electron chi connectivity index (χ3n) is 3.72. The van der Waals surface area contributed by atoms with E-state index in [1.807, 2.05) is 60.7 Å². The van der Waals surface area contributed by atoms with Crippen LogP contribution in [0.15, 0.2) is 91.0 Å². The van der Waals surface area contributed by atoms with E-state index < -0.39 is 0 Å². The van der Waals surface area contributed by atoms with Crippen molar-refractivity contribution >= 4 is 23.5 Å². The van der Waals surface area contributed by atoms with Crippen LogP contribution in [0.5, 0.6) is 0 Å². The SMILES string of the molecule is O=C(/C=C\c1ccccc1NC(=O)c1ccccc1)c1ccccc1. The Bertz CT molecular complexity index is 900. The maximum absolute atomic E-state index is 12.3. The number of hydrogen-bond donors (Lipinski definition) is 1. The molecule has 25 heavy (non-hydrogen) atoms. The molecule has 122 valence electrons. The second-order valence-corrected chi connectivity index (χ2v) is 5.47. The Hall–Kier alpha value is -3.46. The third kappa shape index (κ3) is 4.30. The molecule has 3 rings (SSSR count). The van der Waals surface area contributed by atoms with Crippen molar-refractivity contribution in [3.05, 3.63) is 108 Å². The molecule has 0 radical (unpaired) electrons. The lowest BCUT2D eigenvalue weighted by Crippen LogP contribution is -2.12. The van der Waals surface area contributed by atoms with E-state index in [-0.39, 0.29) is 11.7 Å². The summed E-state index contributed by atoms with van der Waals surface area (Å²) < 4.78 is 0. The normalized spacial score (nSPS) is 10.6. The molecular weight excluding hydrogens is 310 g/mol. The summed E-state index contributed by atoms with van der Waals surface area (Å²) in [7, 11) is 0. The Morgan fingerprint density at radius 1 is 0.680 bits per heavy atom. The second kappa shape index (κ2) is 7.88. The molecule has 0 aliphatic carbocycles. The van der Waals surface area contributed by atoms with Crippen LogP contribution in [0.3, 0.4) is 0 Å². The van der Waals surface area contributed by atoms with Crippen molar-refractivity contribution in [2.75, 3.05) is 5.32 Å². The Balaban J connectivity index is 1.78. The quantitative estimate of drug-likeness (QED) is 0.538. The summed E-state index contributed by atoms with van der Waals surface area (Å²) in [4.78, 5) is 24.5.